The van der Waals surface area contributed by atoms with E-state index in [-0.39, 0.29) is 11.5 Å². The Morgan fingerprint density at radius 1 is 0.970 bits per heavy atom. The smallest absolute Gasteiger partial charge is 0.270 e. The minimum atomic E-state index is -0.400. The van der Waals surface area contributed by atoms with Crippen molar-refractivity contribution in [2.45, 2.75) is 20.4 Å². The largest absolute Gasteiger partial charge is 0.497 e. The van der Waals surface area contributed by atoms with Crippen LogP contribution in [-0.4, -0.2) is 22.4 Å². The van der Waals surface area contributed by atoms with Crippen LogP contribution in [0.3, 0.4) is 0 Å². The van der Waals surface area contributed by atoms with Gasteiger partial charge in [-0.1, -0.05) is 48.5 Å². The summed E-state index contributed by atoms with van der Waals surface area (Å²) in [4.78, 5) is 23.6. The fraction of sp³-hybridized carbons (Fsp3) is 0.148. The third-order valence-electron chi connectivity index (χ3n) is 5.80. The zero-order chi connectivity index (χ0) is 23.5. The molecule has 0 unspecified atom stereocenters. The molecule has 0 aliphatic rings. The molecule has 0 atom stereocenters. The number of hydrogen-bond donors (Lipinski definition) is 0. The van der Waals surface area contributed by atoms with Crippen molar-refractivity contribution in [1.82, 2.24) is 4.57 Å². The van der Waals surface area contributed by atoms with E-state index in [9.17, 15) is 14.9 Å². The summed E-state index contributed by atoms with van der Waals surface area (Å²) >= 11 is 0. The molecule has 4 rings (SSSR count). The van der Waals surface area contributed by atoms with Crippen molar-refractivity contribution in [2.75, 3.05) is 7.11 Å². The van der Waals surface area contributed by atoms with E-state index in [4.69, 9.17) is 4.74 Å². The average Bonchev–Trinajstić information content (AvgIpc) is 3.15. The van der Waals surface area contributed by atoms with Gasteiger partial charge in [-0.2, -0.15) is 0 Å². The Labute approximate surface area is 192 Å². The van der Waals surface area contributed by atoms with Gasteiger partial charge in [-0.25, -0.2) is 0 Å². The highest BCUT2D eigenvalue weighted by atomic mass is 16.6. The molecule has 6 nitrogen and oxygen atoms in total. The molecule has 4 aromatic rings. The predicted octanol–water partition coefficient (Wildman–Crippen LogP) is 6.30. The van der Waals surface area contributed by atoms with Crippen LogP contribution in [0.25, 0.3) is 22.3 Å². The molecular weight excluding hydrogens is 416 g/mol. The van der Waals surface area contributed by atoms with Crippen molar-refractivity contribution >= 4 is 11.5 Å². The highest BCUT2D eigenvalue weighted by Crippen LogP contribution is 2.37. The van der Waals surface area contributed by atoms with Gasteiger partial charge in [-0.15, -0.1) is 0 Å². The van der Waals surface area contributed by atoms with E-state index in [1.165, 1.54) is 6.07 Å². The van der Waals surface area contributed by atoms with Crippen molar-refractivity contribution in [2.24, 2.45) is 0 Å². The lowest BCUT2D eigenvalue weighted by atomic mass is 9.92. The molecule has 6 heteroatoms. The highest BCUT2D eigenvalue weighted by Gasteiger charge is 2.21. The van der Waals surface area contributed by atoms with Gasteiger partial charge in [0, 0.05) is 41.7 Å². The molecule has 0 aliphatic carbocycles. The van der Waals surface area contributed by atoms with Gasteiger partial charge in [0.2, 0.25) is 0 Å². The maximum absolute atomic E-state index is 12.7. The van der Waals surface area contributed by atoms with Gasteiger partial charge in [-0.3, -0.25) is 14.9 Å². The van der Waals surface area contributed by atoms with Gasteiger partial charge in [0.15, 0.2) is 5.78 Å². The number of methoxy groups -OCH3 is 1. The molecule has 3 aromatic carbocycles. The van der Waals surface area contributed by atoms with Crippen molar-refractivity contribution in [3.05, 3.63) is 106 Å². The monoisotopic (exact) mass is 440 g/mol. The summed E-state index contributed by atoms with van der Waals surface area (Å²) in [6.45, 7) is 4.12. The standard InChI is InChI=1S/C27H24N2O4/c1-18-27(19(2)30)26(17-28(18)16-20-11-13-23(33-3)14-12-20)25-10-5-4-9-24(25)21-7-6-8-22(15-21)29(31)32/h4-15,17H,16H2,1-3H3. The quantitative estimate of drug-likeness (QED) is 0.192. The number of ketones is 1. The maximum Gasteiger partial charge on any atom is 0.270 e. The number of nitrogens with zero attached hydrogens (tertiary/aromatic N) is 2. The van der Waals surface area contributed by atoms with Gasteiger partial charge in [0.05, 0.1) is 12.0 Å². The first-order valence-electron chi connectivity index (χ1n) is 10.6. The predicted molar refractivity (Wildman–Crippen MR) is 129 cm³/mol. The average molecular weight is 440 g/mol. The number of carbonyl (C=O) groups is 1. The Balaban J connectivity index is 1.83. The summed E-state index contributed by atoms with van der Waals surface area (Å²) in [5, 5.41) is 11.3. The third kappa shape index (κ3) is 4.41. The van der Waals surface area contributed by atoms with Crippen LogP contribution < -0.4 is 4.74 Å². The molecule has 0 amide bonds. The second-order valence-electron chi connectivity index (χ2n) is 7.89. The number of non-ortho nitro benzene ring substituents is 1. The lowest BCUT2D eigenvalue weighted by Gasteiger charge is -2.10. The van der Waals surface area contributed by atoms with E-state index < -0.39 is 4.92 Å². The summed E-state index contributed by atoms with van der Waals surface area (Å²) in [5.41, 5.74) is 5.89. The minimum absolute atomic E-state index is 0.0233. The van der Waals surface area contributed by atoms with E-state index in [0.717, 1.165) is 39.3 Å². The van der Waals surface area contributed by atoms with Crippen LogP contribution in [0.1, 0.15) is 28.5 Å². The highest BCUT2D eigenvalue weighted by molar-refractivity contribution is 6.04. The minimum Gasteiger partial charge on any atom is -0.497 e. The van der Waals surface area contributed by atoms with Crippen molar-refractivity contribution in [3.63, 3.8) is 0 Å². The Bertz CT molecular complexity index is 1340. The van der Waals surface area contributed by atoms with Gasteiger partial charge >= 0.3 is 0 Å². The van der Waals surface area contributed by atoms with E-state index >= 15 is 0 Å². The Hall–Kier alpha value is -4.19. The Morgan fingerprint density at radius 2 is 1.67 bits per heavy atom. The number of benzene rings is 3. The molecule has 0 saturated carbocycles. The first-order chi connectivity index (χ1) is 15.9. The molecule has 0 N–H and O–H groups in total. The summed E-state index contributed by atoms with van der Waals surface area (Å²) in [5.74, 6) is 0.767. The van der Waals surface area contributed by atoms with E-state index in [0.29, 0.717) is 12.1 Å². The number of rotatable bonds is 7. The Morgan fingerprint density at radius 3 is 2.30 bits per heavy atom. The first kappa shape index (κ1) is 22.0. The normalized spacial score (nSPS) is 10.8. The second-order valence-corrected chi connectivity index (χ2v) is 7.89. The summed E-state index contributed by atoms with van der Waals surface area (Å²) in [6.07, 6.45) is 1.99. The van der Waals surface area contributed by atoms with Crippen LogP contribution in [0.2, 0.25) is 0 Å². The van der Waals surface area contributed by atoms with Crippen LogP contribution in [-0.2, 0) is 6.54 Å². The number of nitro benzene ring substituents is 1. The molecule has 0 aliphatic heterocycles. The van der Waals surface area contributed by atoms with Crippen LogP contribution in [0.15, 0.2) is 79.0 Å². The molecule has 0 saturated heterocycles. The molecule has 0 fully saturated rings. The number of Topliss-reactive ketones (excluding diaryl/α,β-unsaturated/α-hetero) is 1. The van der Waals surface area contributed by atoms with Gasteiger partial charge in [-0.05, 0) is 48.2 Å². The number of hydrogen-bond acceptors (Lipinski definition) is 4. The van der Waals surface area contributed by atoms with Crippen LogP contribution in [0, 0.1) is 17.0 Å². The zero-order valence-electron chi connectivity index (χ0n) is 18.7. The summed E-state index contributed by atoms with van der Waals surface area (Å²) < 4.78 is 7.31. The number of carbonyl (C=O) groups excluding carboxylic acids is 1. The number of ether oxygens (including phenoxy) is 1. The van der Waals surface area contributed by atoms with E-state index in [1.807, 2.05) is 67.7 Å². The van der Waals surface area contributed by atoms with Crippen LogP contribution in [0.4, 0.5) is 5.69 Å². The van der Waals surface area contributed by atoms with E-state index in [2.05, 4.69) is 4.57 Å². The second kappa shape index (κ2) is 9.12. The van der Waals surface area contributed by atoms with Gasteiger partial charge in [0.25, 0.3) is 5.69 Å². The molecule has 0 spiro atoms. The summed E-state index contributed by atoms with van der Waals surface area (Å²) in [7, 11) is 1.63. The first-order valence-corrected chi connectivity index (χ1v) is 10.6. The topological polar surface area (TPSA) is 74.4 Å². The summed E-state index contributed by atoms with van der Waals surface area (Å²) in [6, 6.07) is 22.1. The fourth-order valence-electron chi connectivity index (χ4n) is 4.15. The van der Waals surface area contributed by atoms with Crippen molar-refractivity contribution < 1.29 is 14.5 Å². The number of aromatic nitrogens is 1. The lowest BCUT2D eigenvalue weighted by molar-refractivity contribution is -0.384. The molecule has 0 bridgehead atoms. The SMILES string of the molecule is COc1ccc(Cn2cc(-c3ccccc3-c3cccc([N+](=O)[O-])c3)c(C(C)=O)c2C)cc1. The molecule has 1 heterocycles. The maximum atomic E-state index is 12.7. The van der Waals surface area contributed by atoms with Crippen molar-refractivity contribution in [1.29, 1.82) is 0 Å². The molecule has 0 radical (unpaired) electrons. The van der Waals surface area contributed by atoms with Crippen molar-refractivity contribution in [3.8, 4) is 28.0 Å². The zero-order valence-corrected chi connectivity index (χ0v) is 18.7. The lowest BCUT2D eigenvalue weighted by Crippen LogP contribution is -2.03. The van der Waals surface area contributed by atoms with Crippen LogP contribution >= 0.6 is 0 Å². The van der Waals surface area contributed by atoms with Gasteiger partial charge in [0.1, 0.15) is 5.75 Å². The molecule has 33 heavy (non-hydrogen) atoms. The van der Waals surface area contributed by atoms with Crippen LogP contribution in [0.5, 0.6) is 5.75 Å². The fourth-order valence-corrected chi connectivity index (χ4v) is 4.15. The number of nitro groups is 1. The molecule has 1 aromatic heterocycles. The van der Waals surface area contributed by atoms with Gasteiger partial charge < -0.3 is 9.30 Å². The Kier molecular flexibility index (Phi) is 6.09. The molecular formula is C27H24N2O4. The third-order valence-corrected chi connectivity index (χ3v) is 5.80. The molecule has 166 valence electrons. The van der Waals surface area contributed by atoms with E-state index in [1.54, 1.807) is 26.2 Å².